The average Bonchev–Trinajstić information content (AvgIpc) is 2.30. The number of hydrogen-bond acceptors (Lipinski definition) is 3. The first-order valence-corrected chi connectivity index (χ1v) is 2.56. The van der Waals surface area contributed by atoms with Crippen molar-refractivity contribution in [2.45, 2.75) is 0 Å². The van der Waals surface area contributed by atoms with Gasteiger partial charge in [0.05, 0.1) is 11.6 Å². The summed E-state index contributed by atoms with van der Waals surface area (Å²) in [6, 6.07) is 1.83. The molecular formula is C5H4N5+. The van der Waals surface area contributed by atoms with E-state index in [1.165, 1.54) is 10.9 Å². The number of nitriles is 1. The van der Waals surface area contributed by atoms with Gasteiger partial charge in [0.15, 0.2) is 5.56 Å². The Hall–Kier alpha value is -1.88. The Labute approximate surface area is 57.1 Å². The molecule has 5 heteroatoms. The fourth-order valence-corrected chi connectivity index (χ4v) is 0.629. The summed E-state index contributed by atoms with van der Waals surface area (Å²) >= 11 is 0. The minimum absolute atomic E-state index is 0.183. The molecule has 0 saturated carbocycles. The standard InChI is InChI=1S/C5H4N5/c1-10-5(9-7)4(2-6)3-8-10/h3H,1H3/q+1. The molecule has 0 unspecified atom stereocenters. The quantitative estimate of drug-likeness (QED) is 0.492. The highest BCUT2D eigenvalue weighted by Gasteiger charge is 2.17. The first-order chi connectivity index (χ1) is 4.79. The summed E-state index contributed by atoms with van der Waals surface area (Å²) in [5.74, 6) is 0.183. The lowest BCUT2D eigenvalue weighted by Crippen LogP contribution is -1.86. The number of aromatic nitrogens is 2. The van der Waals surface area contributed by atoms with Crippen LogP contribution in [0.4, 0.5) is 5.82 Å². The molecule has 0 spiro atoms. The van der Waals surface area contributed by atoms with Crippen molar-refractivity contribution in [2.75, 3.05) is 0 Å². The van der Waals surface area contributed by atoms with Gasteiger partial charge in [-0.05, 0) is 0 Å². The second kappa shape index (κ2) is 2.16. The number of hydrogen-bond donors (Lipinski definition) is 0. The van der Waals surface area contributed by atoms with Crippen LogP contribution in [0.1, 0.15) is 5.56 Å². The zero-order valence-corrected chi connectivity index (χ0v) is 5.31. The maximum absolute atomic E-state index is 8.39. The molecule has 1 aromatic rings. The number of aryl methyl sites for hydroxylation is 1. The molecule has 0 bridgehead atoms. The summed E-state index contributed by atoms with van der Waals surface area (Å²) in [7, 11) is 1.59. The molecule has 0 aliphatic heterocycles. The van der Waals surface area contributed by atoms with Crippen molar-refractivity contribution < 1.29 is 0 Å². The molecule has 1 aromatic heterocycles. The fourth-order valence-electron chi connectivity index (χ4n) is 0.629. The van der Waals surface area contributed by atoms with E-state index >= 15 is 0 Å². The van der Waals surface area contributed by atoms with Gasteiger partial charge < -0.3 is 0 Å². The van der Waals surface area contributed by atoms with Gasteiger partial charge in [0.1, 0.15) is 13.1 Å². The lowest BCUT2D eigenvalue weighted by Gasteiger charge is -1.72. The summed E-state index contributed by atoms with van der Waals surface area (Å²) in [6.45, 7) is 0. The van der Waals surface area contributed by atoms with E-state index in [2.05, 4.69) is 10.1 Å². The fraction of sp³-hybridized carbons (Fsp3) is 0.200. The van der Waals surface area contributed by atoms with Gasteiger partial charge in [-0.25, -0.2) is 0 Å². The monoisotopic (exact) mass is 134 g/mol. The maximum Gasteiger partial charge on any atom is 0.463 e. The van der Waals surface area contributed by atoms with E-state index in [0.29, 0.717) is 0 Å². The van der Waals surface area contributed by atoms with Crippen LogP contribution in [0, 0.1) is 16.7 Å². The predicted molar refractivity (Wildman–Crippen MR) is 32.7 cm³/mol. The molecule has 10 heavy (non-hydrogen) atoms. The van der Waals surface area contributed by atoms with E-state index in [9.17, 15) is 0 Å². The van der Waals surface area contributed by atoms with Gasteiger partial charge in [0.25, 0.3) is 0 Å². The molecular weight excluding hydrogens is 130 g/mol. The highest BCUT2D eigenvalue weighted by Crippen LogP contribution is 2.15. The molecule has 0 aliphatic carbocycles. The number of diazo groups is 1. The van der Waals surface area contributed by atoms with Crippen LogP contribution in [0.25, 0.3) is 4.98 Å². The van der Waals surface area contributed by atoms with Crippen LogP contribution >= 0.6 is 0 Å². The largest absolute Gasteiger partial charge is 0.463 e. The predicted octanol–water partition coefficient (Wildman–Crippen LogP) is 0.776. The van der Waals surface area contributed by atoms with E-state index in [1.807, 2.05) is 6.07 Å². The molecule has 48 valence electrons. The summed E-state index contributed by atoms with van der Waals surface area (Å²) in [4.78, 5) is 2.88. The summed E-state index contributed by atoms with van der Waals surface area (Å²) < 4.78 is 1.32. The molecule has 5 nitrogen and oxygen atoms in total. The summed E-state index contributed by atoms with van der Waals surface area (Å²) in [6.07, 6.45) is 1.34. The molecule has 0 atom stereocenters. The SMILES string of the molecule is Cn1ncc(C#N)c1[N+]#N. The minimum atomic E-state index is 0.183. The van der Waals surface area contributed by atoms with Crippen LogP contribution < -0.4 is 0 Å². The van der Waals surface area contributed by atoms with E-state index in [-0.39, 0.29) is 11.4 Å². The maximum atomic E-state index is 8.39. The Bertz CT molecular complexity index is 323. The van der Waals surface area contributed by atoms with E-state index in [1.54, 1.807) is 7.05 Å². The molecule has 1 rings (SSSR count). The van der Waals surface area contributed by atoms with Gasteiger partial charge in [-0.1, -0.05) is 5.10 Å². The van der Waals surface area contributed by atoms with Crippen LogP contribution in [0.15, 0.2) is 6.20 Å². The Kier molecular flexibility index (Phi) is 1.35. The topological polar surface area (TPSA) is 69.8 Å². The van der Waals surface area contributed by atoms with Crippen LogP contribution in [0.5, 0.6) is 0 Å². The van der Waals surface area contributed by atoms with Crippen LogP contribution in [0.2, 0.25) is 0 Å². The second-order valence-electron chi connectivity index (χ2n) is 1.72. The van der Waals surface area contributed by atoms with Crippen molar-refractivity contribution in [2.24, 2.45) is 7.05 Å². The van der Waals surface area contributed by atoms with Crippen LogP contribution in [-0.2, 0) is 7.05 Å². The van der Waals surface area contributed by atoms with E-state index in [4.69, 9.17) is 10.7 Å². The Balaban J connectivity index is 3.34. The molecule has 1 heterocycles. The van der Waals surface area contributed by atoms with Gasteiger partial charge in [0, 0.05) is 4.98 Å². The molecule has 0 radical (unpaired) electrons. The Morgan fingerprint density at radius 1 is 1.80 bits per heavy atom. The summed E-state index contributed by atoms with van der Waals surface area (Å²) in [5.41, 5.74) is 0.269. The van der Waals surface area contributed by atoms with Gasteiger partial charge in [0.2, 0.25) is 0 Å². The normalized spacial score (nSPS) is 8.30. The second-order valence-corrected chi connectivity index (χ2v) is 1.72. The van der Waals surface area contributed by atoms with Gasteiger partial charge >= 0.3 is 5.82 Å². The van der Waals surface area contributed by atoms with Crippen LogP contribution in [-0.4, -0.2) is 9.78 Å². The lowest BCUT2D eigenvalue weighted by molar-refractivity contribution is 0.781. The zero-order valence-electron chi connectivity index (χ0n) is 5.31. The van der Waals surface area contributed by atoms with Gasteiger partial charge in [-0.15, -0.1) is 4.68 Å². The average molecular weight is 134 g/mol. The highest BCUT2D eigenvalue weighted by molar-refractivity contribution is 5.51. The van der Waals surface area contributed by atoms with Crippen molar-refractivity contribution in [1.82, 2.24) is 9.78 Å². The van der Waals surface area contributed by atoms with Crippen molar-refractivity contribution >= 4 is 5.82 Å². The minimum Gasteiger partial charge on any atom is -0.192 e. The Morgan fingerprint density at radius 3 is 2.90 bits per heavy atom. The zero-order chi connectivity index (χ0) is 7.56. The smallest absolute Gasteiger partial charge is 0.192 e. The molecule has 0 aliphatic rings. The third kappa shape index (κ3) is 0.702. The summed E-state index contributed by atoms with van der Waals surface area (Å²) in [5, 5.41) is 20.4. The van der Waals surface area contributed by atoms with Crippen molar-refractivity contribution in [1.29, 1.82) is 10.7 Å². The van der Waals surface area contributed by atoms with Gasteiger partial charge in [-0.2, -0.15) is 5.26 Å². The first-order valence-electron chi connectivity index (χ1n) is 2.56. The van der Waals surface area contributed by atoms with E-state index in [0.717, 1.165) is 0 Å². The molecule has 0 fully saturated rings. The lowest BCUT2D eigenvalue weighted by atomic mass is 10.4. The molecule has 0 saturated heterocycles. The molecule has 0 N–H and O–H groups in total. The number of rotatable bonds is 0. The van der Waals surface area contributed by atoms with Crippen molar-refractivity contribution in [3.8, 4) is 6.07 Å². The first kappa shape index (κ1) is 6.24. The number of nitrogens with zero attached hydrogens (tertiary/aromatic N) is 5. The molecule has 0 amide bonds. The van der Waals surface area contributed by atoms with E-state index < -0.39 is 0 Å². The Morgan fingerprint density at radius 2 is 2.50 bits per heavy atom. The third-order valence-electron chi connectivity index (χ3n) is 1.12. The highest BCUT2D eigenvalue weighted by atomic mass is 15.3. The van der Waals surface area contributed by atoms with Gasteiger partial charge in [-0.3, -0.25) is 0 Å². The third-order valence-corrected chi connectivity index (χ3v) is 1.12. The molecule has 0 aromatic carbocycles. The van der Waals surface area contributed by atoms with Crippen molar-refractivity contribution in [3.05, 3.63) is 16.7 Å². The van der Waals surface area contributed by atoms with Crippen LogP contribution in [0.3, 0.4) is 0 Å². The van der Waals surface area contributed by atoms with Crippen molar-refractivity contribution in [3.63, 3.8) is 0 Å².